The highest BCUT2D eigenvalue weighted by Gasteiger charge is 2.27. The Bertz CT molecular complexity index is 2340. The third kappa shape index (κ3) is 11.9. The largest absolute Gasteiger partial charge is 0.389 e. The number of benzene rings is 6. The fraction of sp³-hybridized carbons (Fsp3) is 0.306. The van der Waals surface area contributed by atoms with Crippen LogP contribution in [0.4, 0.5) is 41.6 Å². The third-order valence-corrected chi connectivity index (χ3v) is 11.5. The minimum Gasteiger partial charge on any atom is -0.385 e. The Hall–Kier alpha value is -5.40. The number of fused-ring (bicyclic) bond motifs is 1. The average Bonchev–Trinajstić information content (AvgIpc) is 3.24. The maximum atomic E-state index is 13.0. The van der Waals surface area contributed by atoms with Gasteiger partial charge in [-0.05, 0) is 123 Å². The van der Waals surface area contributed by atoms with Crippen molar-refractivity contribution in [2.24, 2.45) is 0 Å². The Kier molecular flexibility index (Phi) is 15.1. The quantitative estimate of drug-likeness (QED) is 0.0446. The van der Waals surface area contributed by atoms with Crippen LogP contribution < -0.4 is 15.1 Å². The molecule has 0 atom stereocenters. The molecule has 6 aromatic rings. The van der Waals surface area contributed by atoms with Gasteiger partial charge < -0.3 is 24.6 Å². The number of nitrogens with zero attached hydrogens (tertiary/aromatic N) is 2. The lowest BCUT2D eigenvalue weighted by Gasteiger charge is -2.28. The smallest absolute Gasteiger partial charge is 0.385 e. The number of halogens is 3. The second-order valence-electron chi connectivity index (χ2n) is 15.0. The van der Waals surface area contributed by atoms with Crippen LogP contribution in [0, 0.1) is 13.8 Å². The molecule has 2 N–H and O–H groups in total. The summed E-state index contributed by atoms with van der Waals surface area (Å²) in [6.07, 6.45) is -5.42. The van der Waals surface area contributed by atoms with Crippen LogP contribution in [0.25, 0.3) is 10.8 Å². The molecule has 0 bridgehead atoms. The van der Waals surface area contributed by atoms with Crippen LogP contribution in [0.2, 0.25) is 0 Å². The first kappa shape index (κ1) is 45.1. The average molecular weight is 854 g/mol. The zero-order chi connectivity index (χ0) is 43.6. The molecular formula is C49H54F3N3O5S. The Morgan fingerprint density at radius 3 is 1.52 bits per heavy atom. The lowest BCUT2D eigenvalue weighted by atomic mass is 9.82. The van der Waals surface area contributed by atoms with E-state index in [1.165, 1.54) is 12.1 Å². The molecule has 8 nitrogen and oxygen atoms in total. The normalized spacial score (nSPS) is 12.0. The maximum Gasteiger partial charge on any atom is 0.389 e. The molecule has 0 fully saturated rings. The molecule has 0 heterocycles. The third-order valence-electron chi connectivity index (χ3n) is 10.7. The number of anilines is 5. The highest BCUT2D eigenvalue weighted by molar-refractivity contribution is 7.85. The van der Waals surface area contributed by atoms with Crippen LogP contribution in [0.3, 0.4) is 0 Å². The Morgan fingerprint density at radius 1 is 0.639 bits per heavy atom. The first-order chi connectivity index (χ1) is 29.3. The fourth-order valence-electron chi connectivity index (χ4n) is 7.54. The van der Waals surface area contributed by atoms with E-state index >= 15 is 0 Å². The lowest BCUT2D eigenvalue weighted by Crippen LogP contribution is -2.22. The summed E-state index contributed by atoms with van der Waals surface area (Å²) in [6, 6.07) is 41.6. The van der Waals surface area contributed by atoms with Gasteiger partial charge in [0.25, 0.3) is 10.1 Å². The first-order valence-corrected chi connectivity index (χ1v) is 22.1. The van der Waals surface area contributed by atoms with Gasteiger partial charge in [0, 0.05) is 79.0 Å². The summed E-state index contributed by atoms with van der Waals surface area (Å²) in [5, 5.41) is 4.24. The van der Waals surface area contributed by atoms with Gasteiger partial charge in [-0.2, -0.15) is 21.6 Å². The van der Waals surface area contributed by atoms with E-state index < -0.39 is 22.7 Å². The Labute approximate surface area is 357 Å². The summed E-state index contributed by atoms with van der Waals surface area (Å²) in [5.41, 5.74) is 9.57. The molecule has 6 aromatic carbocycles. The molecule has 0 spiro atoms. The number of hydrogen-bond acceptors (Lipinski definition) is 7. The Morgan fingerprint density at radius 2 is 1.10 bits per heavy atom. The molecule has 0 radical (unpaired) electrons. The molecule has 0 aromatic heterocycles. The van der Waals surface area contributed by atoms with Gasteiger partial charge in [0.2, 0.25) is 0 Å². The van der Waals surface area contributed by atoms with E-state index in [0.29, 0.717) is 56.0 Å². The summed E-state index contributed by atoms with van der Waals surface area (Å²) in [7, 11) is -4.59. The molecule has 6 rings (SSSR count). The Balaban J connectivity index is 1.47. The summed E-state index contributed by atoms with van der Waals surface area (Å²) in [6.45, 7) is 11.7. The minimum atomic E-state index is -4.59. The standard InChI is InChI=1S/C49H54F3N3O5S/c1-5-59-32-30-54(39-16-8-35(3)9-17-39)41-20-12-37(13-21-41)48(38-14-22-42(23-15-38)55(31-33-60-6-2)40-18-10-36(4)11-19-40)45-26-27-47(53-29-7-28-49(50,51)52)46-34-43(61(56,57)58)24-25-44(45)46/h8-27,34,48,53H,5-7,28-33H2,1-4H3,(H,56,57,58). The molecule has 0 unspecified atom stereocenters. The summed E-state index contributed by atoms with van der Waals surface area (Å²) in [5.74, 6) is -0.367. The van der Waals surface area contributed by atoms with Crippen LogP contribution in [-0.2, 0) is 19.6 Å². The van der Waals surface area contributed by atoms with E-state index in [1.54, 1.807) is 12.1 Å². The van der Waals surface area contributed by atoms with Crippen LogP contribution >= 0.6 is 0 Å². The van der Waals surface area contributed by atoms with E-state index in [9.17, 15) is 26.1 Å². The molecule has 0 amide bonds. The van der Waals surface area contributed by atoms with Crippen molar-refractivity contribution in [2.45, 2.75) is 57.5 Å². The summed E-state index contributed by atoms with van der Waals surface area (Å²) >= 11 is 0. The van der Waals surface area contributed by atoms with E-state index in [0.717, 1.165) is 50.6 Å². The fourth-order valence-corrected chi connectivity index (χ4v) is 8.04. The molecule has 12 heteroatoms. The van der Waals surface area contributed by atoms with Crippen molar-refractivity contribution < 1.29 is 35.6 Å². The summed E-state index contributed by atoms with van der Waals surface area (Å²) in [4.78, 5) is 4.12. The number of nitrogens with one attached hydrogen (secondary N) is 1. The van der Waals surface area contributed by atoms with Gasteiger partial charge in [-0.15, -0.1) is 0 Å². The SMILES string of the molecule is CCOCCN(c1ccc(C)cc1)c1ccc(C(c2ccc(N(CCOCC)c3ccc(C)cc3)cc2)c2ccc(NCCCC(F)(F)F)c3cc(S(=O)(=O)O)ccc23)cc1. The summed E-state index contributed by atoms with van der Waals surface area (Å²) < 4.78 is 85.4. The van der Waals surface area contributed by atoms with E-state index in [-0.39, 0.29) is 23.8 Å². The van der Waals surface area contributed by atoms with Crippen molar-refractivity contribution in [3.8, 4) is 0 Å². The van der Waals surface area contributed by atoms with Crippen molar-refractivity contribution in [2.75, 3.05) is 61.2 Å². The zero-order valence-corrected chi connectivity index (χ0v) is 35.9. The van der Waals surface area contributed by atoms with Crippen molar-refractivity contribution >= 4 is 49.3 Å². The van der Waals surface area contributed by atoms with Gasteiger partial charge in [0.15, 0.2) is 0 Å². The topological polar surface area (TPSA) is 91.3 Å². The maximum absolute atomic E-state index is 13.0. The van der Waals surface area contributed by atoms with E-state index in [2.05, 4.69) is 126 Å². The molecule has 322 valence electrons. The highest BCUT2D eigenvalue weighted by Crippen LogP contribution is 2.41. The molecule has 0 saturated heterocycles. The van der Waals surface area contributed by atoms with Crippen LogP contribution in [0.5, 0.6) is 0 Å². The van der Waals surface area contributed by atoms with E-state index in [1.807, 2.05) is 19.9 Å². The van der Waals surface area contributed by atoms with Gasteiger partial charge in [-0.3, -0.25) is 4.55 Å². The van der Waals surface area contributed by atoms with Crippen LogP contribution in [0.1, 0.15) is 60.4 Å². The van der Waals surface area contributed by atoms with Gasteiger partial charge in [0.05, 0.1) is 18.1 Å². The minimum absolute atomic E-state index is 0.0119. The molecule has 0 aliphatic carbocycles. The van der Waals surface area contributed by atoms with Gasteiger partial charge in [0.1, 0.15) is 0 Å². The molecule has 61 heavy (non-hydrogen) atoms. The lowest BCUT2D eigenvalue weighted by molar-refractivity contribution is -0.134. The predicted octanol–water partition coefficient (Wildman–Crippen LogP) is 12.0. The van der Waals surface area contributed by atoms with Gasteiger partial charge in [-0.1, -0.05) is 71.8 Å². The van der Waals surface area contributed by atoms with Gasteiger partial charge in [-0.25, -0.2) is 0 Å². The molecule has 0 aliphatic rings. The highest BCUT2D eigenvalue weighted by atomic mass is 32.2. The van der Waals surface area contributed by atoms with Gasteiger partial charge >= 0.3 is 6.18 Å². The second kappa shape index (κ2) is 20.4. The monoisotopic (exact) mass is 853 g/mol. The molecular weight excluding hydrogens is 800 g/mol. The van der Waals surface area contributed by atoms with Crippen molar-refractivity contribution in [1.82, 2.24) is 0 Å². The van der Waals surface area contributed by atoms with Crippen molar-refractivity contribution in [1.29, 1.82) is 0 Å². The number of rotatable bonds is 20. The van der Waals surface area contributed by atoms with E-state index in [4.69, 9.17) is 9.47 Å². The number of aryl methyl sites for hydroxylation is 2. The number of ether oxygens (including phenoxy) is 2. The second-order valence-corrected chi connectivity index (χ2v) is 16.4. The zero-order valence-electron chi connectivity index (χ0n) is 35.1. The molecule has 0 saturated carbocycles. The van der Waals surface area contributed by atoms with Crippen LogP contribution in [0.15, 0.2) is 132 Å². The number of alkyl halides is 3. The number of hydrogen-bond donors (Lipinski definition) is 2. The van der Waals surface area contributed by atoms with Crippen LogP contribution in [-0.4, -0.2) is 65.2 Å². The predicted molar refractivity (Wildman–Crippen MR) is 241 cm³/mol. The molecule has 0 aliphatic heterocycles. The van der Waals surface area contributed by atoms with Crippen molar-refractivity contribution in [3.05, 3.63) is 155 Å². The van der Waals surface area contributed by atoms with Crippen molar-refractivity contribution in [3.63, 3.8) is 0 Å². The first-order valence-electron chi connectivity index (χ1n) is 20.6.